The topological polar surface area (TPSA) is 37.4 Å². The number of likely N-dealkylation sites (tertiary alicyclic amines) is 1. The summed E-state index contributed by atoms with van der Waals surface area (Å²) < 4.78 is 0. The van der Waals surface area contributed by atoms with Crippen molar-refractivity contribution >= 4 is 11.6 Å². The van der Waals surface area contributed by atoms with Crippen LogP contribution in [0.2, 0.25) is 0 Å². The number of fused-ring (bicyclic) bond motifs is 1. The Labute approximate surface area is 92.1 Å². The Morgan fingerprint density at radius 1 is 1.69 bits per heavy atom. The van der Waals surface area contributed by atoms with E-state index in [9.17, 15) is 9.59 Å². The Morgan fingerprint density at radius 3 is 2.46 bits per heavy atom. The van der Waals surface area contributed by atoms with Crippen LogP contribution in [0.25, 0.3) is 0 Å². The summed E-state index contributed by atoms with van der Waals surface area (Å²) in [5.74, 6) is 1.09. The maximum absolute atomic E-state index is 11.4. The molecule has 0 aromatic heterocycles. The Morgan fingerprint density at radius 2 is 2.23 bits per heavy atom. The third-order valence-electron chi connectivity index (χ3n) is 3.25. The average molecular weight is 350 g/mol. The second kappa shape index (κ2) is 2.93. The second-order valence-corrected chi connectivity index (χ2v) is 3.72. The third kappa shape index (κ3) is 1.07. The minimum absolute atomic E-state index is 0. The molecule has 2 atom stereocenters. The van der Waals surface area contributed by atoms with Crippen molar-refractivity contribution in [2.75, 3.05) is 7.05 Å². The van der Waals surface area contributed by atoms with Gasteiger partial charge in [-0.05, 0) is 26.4 Å². The van der Waals surface area contributed by atoms with Crippen LogP contribution in [0, 0.1) is 5.92 Å². The van der Waals surface area contributed by atoms with E-state index in [4.69, 9.17) is 0 Å². The van der Waals surface area contributed by atoms with Gasteiger partial charge in [0.15, 0.2) is 0 Å². The van der Waals surface area contributed by atoms with Gasteiger partial charge in [-0.1, -0.05) is 0 Å². The summed E-state index contributed by atoms with van der Waals surface area (Å²) in [5.41, 5.74) is -0.476. The molecule has 2 fully saturated rings. The van der Waals surface area contributed by atoms with Gasteiger partial charge < -0.3 is 14.5 Å². The van der Waals surface area contributed by atoms with Crippen LogP contribution in [-0.4, -0.2) is 35.1 Å². The van der Waals surface area contributed by atoms with E-state index < -0.39 is 5.54 Å². The summed E-state index contributed by atoms with van der Waals surface area (Å²) in [6.07, 6.45) is 0.669. The summed E-state index contributed by atoms with van der Waals surface area (Å²) in [4.78, 5) is 24.6. The normalized spacial score (nSPS) is 37.0. The maximum Gasteiger partial charge on any atom is 0.120 e. The standard InChI is InChI=1S/C9H12NO2.W/c1-5-8(12)7-4-9(7,6(2)11)10(5)3;/h5H,4H2,1-3H3;/q-1;. The number of nitrogens with zero attached hydrogens (tertiary/aromatic N) is 1. The SMILES string of the molecule is CC(=O)C12C[C-]1C(=O)C(C)N2C.[W]. The molecule has 2 rings (SSSR count). The third-order valence-corrected chi connectivity index (χ3v) is 3.25. The van der Waals surface area contributed by atoms with Crippen molar-refractivity contribution in [3.63, 3.8) is 0 Å². The minimum Gasteiger partial charge on any atom is -0.332 e. The van der Waals surface area contributed by atoms with Crippen molar-refractivity contribution in [2.24, 2.45) is 0 Å². The fourth-order valence-corrected chi connectivity index (χ4v) is 2.18. The van der Waals surface area contributed by atoms with Crippen LogP contribution >= 0.6 is 0 Å². The molecule has 3 nitrogen and oxygen atoms in total. The molecule has 72 valence electrons. The smallest absolute Gasteiger partial charge is 0.120 e. The first-order valence-corrected chi connectivity index (χ1v) is 4.16. The van der Waals surface area contributed by atoms with Crippen LogP contribution in [0.4, 0.5) is 0 Å². The second-order valence-electron chi connectivity index (χ2n) is 3.72. The predicted molar refractivity (Wildman–Crippen MR) is 43.5 cm³/mol. The number of rotatable bonds is 1. The predicted octanol–water partition coefficient (Wildman–Crippen LogP) is 0.193. The summed E-state index contributed by atoms with van der Waals surface area (Å²) in [6.45, 7) is 3.42. The molecular formula is C9H12NO2W-. The fraction of sp³-hybridized carbons (Fsp3) is 0.667. The van der Waals surface area contributed by atoms with Crippen LogP contribution in [0.15, 0.2) is 0 Å². The van der Waals surface area contributed by atoms with E-state index in [0.29, 0.717) is 6.42 Å². The number of carbonyl (C=O) groups excluding carboxylic acids is 2. The fourth-order valence-electron chi connectivity index (χ4n) is 2.18. The summed E-state index contributed by atoms with van der Waals surface area (Å²) >= 11 is 0. The van der Waals surface area contributed by atoms with Gasteiger partial charge in [-0.15, -0.1) is 0 Å². The molecule has 2 unspecified atom stereocenters. The van der Waals surface area contributed by atoms with Gasteiger partial charge in [-0.3, -0.25) is 5.92 Å². The number of hydrogen-bond donors (Lipinski definition) is 0. The van der Waals surface area contributed by atoms with Crippen molar-refractivity contribution < 1.29 is 30.7 Å². The van der Waals surface area contributed by atoms with E-state index in [2.05, 4.69) is 0 Å². The van der Waals surface area contributed by atoms with Crippen LogP contribution in [0.1, 0.15) is 20.3 Å². The molecule has 0 N–H and O–H groups in total. The van der Waals surface area contributed by atoms with Gasteiger partial charge >= 0.3 is 0 Å². The Balaban J connectivity index is 0.000000845. The quantitative estimate of drug-likeness (QED) is 0.634. The number of likely N-dealkylation sites (N-methyl/N-ethyl adjacent to an activating group) is 1. The Kier molecular flexibility index (Phi) is 2.46. The Hall–Kier alpha value is -0.142. The summed E-state index contributed by atoms with van der Waals surface area (Å²) in [7, 11) is 1.85. The number of Topliss-reactive ketones (excluding diaryl/α,β-unsaturated/α-hetero) is 2. The van der Waals surface area contributed by atoms with Crippen molar-refractivity contribution in [1.29, 1.82) is 0 Å². The summed E-state index contributed by atoms with van der Waals surface area (Å²) in [6, 6.07) is -0.0994. The molecule has 2 aliphatic rings. The van der Waals surface area contributed by atoms with Crippen LogP contribution < -0.4 is 0 Å². The van der Waals surface area contributed by atoms with Gasteiger partial charge in [0.05, 0.1) is 0 Å². The van der Waals surface area contributed by atoms with Gasteiger partial charge in [0.25, 0.3) is 0 Å². The molecule has 0 aromatic rings. The molecule has 0 amide bonds. The number of piperidine rings is 1. The van der Waals surface area contributed by atoms with E-state index in [1.165, 1.54) is 0 Å². The van der Waals surface area contributed by atoms with Crippen LogP contribution in [-0.2, 0) is 30.7 Å². The molecule has 4 heteroatoms. The van der Waals surface area contributed by atoms with Crippen LogP contribution in [0.3, 0.4) is 0 Å². The number of carbonyl (C=O) groups is 2. The van der Waals surface area contributed by atoms with E-state index in [1.807, 2.05) is 18.9 Å². The van der Waals surface area contributed by atoms with Gasteiger partial charge in [-0.2, -0.15) is 6.42 Å². The van der Waals surface area contributed by atoms with Gasteiger partial charge in [0.1, 0.15) is 5.78 Å². The largest absolute Gasteiger partial charge is 0.332 e. The summed E-state index contributed by atoms with van der Waals surface area (Å²) in [5, 5.41) is 0. The molecule has 0 aromatic carbocycles. The monoisotopic (exact) mass is 350 g/mol. The average Bonchev–Trinajstić information content (AvgIpc) is 2.71. The molecule has 13 heavy (non-hydrogen) atoms. The maximum atomic E-state index is 11.4. The van der Waals surface area contributed by atoms with Crippen molar-refractivity contribution in [2.45, 2.75) is 31.8 Å². The zero-order chi connectivity index (χ0) is 9.09. The zero-order valence-electron chi connectivity index (χ0n) is 7.96. The van der Waals surface area contributed by atoms with E-state index in [1.54, 1.807) is 6.92 Å². The minimum atomic E-state index is -0.476. The molecule has 1 saturated heterocycles. The van der Waals surface area contributed by atoms with Crippen molar-refractivity contribution in [1.82, 2.24) is 4.90 Å². The molecule has 1 heterocycles. The van der Waals surface area contributed by atoms with Crippen molar-refractivity contribution in [3.05, 3.63) is 5.92 Å². The Bertz CT molecular complexity index is 279. The van der Waals surface area contributed by atoms with Gasteiger partial charge in [0, 0.05) is 32.9 Å². The molecule has 1 saturated carbocycles. The van der Waals surface area contributed by atoms with Crippen molar-refractivity contribution in [3.8, 4) is 0 Å². The van der Waals surface area contributed by atoms with E-state index >= 15 is 0 Å². The van der Waals surface area contributed by atoms with E-state index in [-0.39, 0.29) is 38.7 Å². The first kappa shape index (κ1) is 10.9. The number of hydrogen-bond acceptors (Lipinski definition) is 3. The van der Waals surface area contributed by atoms with Gasteiger partial charge in [-0.25, -0.2) is 0 Å². The molecule has 0 radical (unpaired) electrons. The first-order valence-electron chi connectivity index (χ1n) is 4.16. The van der Waals surface area contributed by atoms with Gasteiger partial charge in [0.2, 0.25) is 0 Å². The first-order chi connectivity index (χ1) is 5.51. The molecular weight excluding hydrogens is 338 g/mol. The molecule has 0 spiro atoms. The molecule has 0 bridgehead atoms. The zero-order valence-corrected chi connectivity index (χ0v) is 10.9. The van der Waals surface area contributed by atoms with E-state index in [0.717, 1.165) is 5.92 Å². The van der Waals surface area contributed by atoms with Crippen LogP contribution in [0.5, 0.6) is 0 Å². The molecule has 1 aliphatic carbocycles. The molecule has 1 aliphatic heterocycles. The number of ketones is 2.